The third kappa shape index (κ3) is 6.80. The SMILES string of the molecule is C[C@@H]1CNCCN1c1cc(-c2ccc(Cl)c(CC(NC(=O)c3ccnn3C)C(=O)Nc3ccc(-c4cncn4C)cc3)c2)ccn1. The topological polar surface area (TPSA) is 122 Å². The Morgan fingerprint density at radius 2 is 1.80 bits per heavy atom. The molecule has 1 saturated heterocycles. The number of aryl methyl sites for hydroxylation is 2. The summed E-state index contributed by atoms with van der Waals surface area (Å²) in [5.41, 5.74) is 5.51. The zero-order valence-electron chi connectivity index (χ0n) is 25.9. The number of pyridine rings is 1. The van der Waals surface area contributed by atoms with Crippen molar-refractivity contribution in [2.24, 2.45) is 14.1 Å². The summed E-state index contributed by atoms with van der Waals surface area (Å²) in [6.45, 7) is 4.87. The third-order valence-corrected chi connectivity index (χ3v) is 8.65. The second-order valence-electron chi connectivity index (χ2n) is 11.5. The Balaban J connectivity index is 1.26. The van der Waals surface area contributed by atoms with Crippen LogP contribution in [-0.2, 0) is 25.3 Å². The van der Waals surface area contributed by atoms with Gasteiger partial charge in [0.2, 0.25) is 5.91 Å². The lowest BCUT2D eigenvalue weighted by atomic mass is 9.99. The van der Waals surface area contributed by atoms with Gasteiger partial charge in [-0.25, -0.2) is 9.97 Å². The molecule has 2 amide bonds. The zero-order chi connectivity index (χ0) is 32.2. The Kier molecular flexibility index (Phi) is 9.13. The standard InChI is InChI=1S/C34H36ClN9O2/c1-22-19-36-14-15-44(22)32-18-25(10-12-38-32)24-6-9-28(35)26(16-24)17-29(41-34(46)30-11-13-39-43(30)3)33(45)40-27-7-4-23(5-8-27)31-20-37-21-42(31)2/h4-13,16,18,20-22,29,36H,14-15,17,19H2,1-3H3,(H,40,45)(H,41,46)/t22-,29?/m1/s1. The first-order valence-corrected chi connectivity index (χ1v) is 15.5. The molecule has 1 aliphatic rings. The van der Waals surface area contributed by atoms with Gasteiger partial charge in [0, 0.05) is 69.3 Å². The van der Waals surface area contributed by atoms with Gasteiger partial charge in [0.25, 0.3) is 5.91 Å². The molecule has 0 bridgehead atoms. The fourth-order valence-corrected chi connectivity index (χ4v) is 5.89. The van der Waals surface area contributed by atoms with E-state index in [9.17, 15) is 9.59 Å². The van der Waals surface area contributed by atoms with E-state index in [-0.39, 0.29) is 12.3 Å². The molecule has 0 saturated carbocycles. The number of amides is 2. The molecule has 46 heavy (non-hydrogen) atoms. The summed E-state index contributed by atoms with van der Waals surface area (Å²) in [5, 5.41) is 13.9. The lowest BCUT2D eigenvalue weighted by Gasteiger charge is -2.35. The highest BCUT2D eigenvalue weighted by atomic mass is 35.5. The maximum Gasteiger partial charge on any atom is 0.270 e. The fraction of sp³-hybridized carbons (Fsp3) is 0.265. The summed E-state index contributed by atoms with van der Waals surface area (Å²) >= 11 is 6.71. The average Bonchev–Trinajstić information content (AvgIpc) is 3.70. The van der Waals surface area contributed by atoms with Gasteiger partial charge in [-0.1, -0.05) is 29.8 Å². The number of hydrogen-bond donors (Lipinski definition) is 3. The van der Waals surface area contributed by atoms with Gasteiger partial charge in [-0.2, -0.15) is 5.10 Å². The molecule has 1 unspecified atom stereocenters. The summed E-state index contributed by atoms with van der Waals surface area (Å²) in [6.07, 6.45) is 7.05. The van der Waals surface area contributed by atoms with Gasteiger partial charge in [0.05, 0.1) is 18.2 Å². The molecular weight excluding hydrogens is 602 g/mol. The molecule has 1 fully saturated rings. The van der Waals surface area contributed by atoms with Crippen LogP contribution in [0.5, 0.6) is 0 Å². The number of anilines is 2. The van der Waals surface area contributed by atoms with Gasteiger partial charge in [0.1, 0.15) is 17.6 Å². The van der Waals surface area contributed by atoms with Gasteiger partial charge >= 0.3 is 0 Å². The first kappa shape index (κ1) is 31.0. The number of imidazole rings is 1. The number of nitrogens with one attached hydrogen (secondary N) is 3. The molecule has 3 N–H and O–H groups in total. The normalized spacial score (nSPS) is 15.4. The molecule has 3 aromatic heterocycles. The van der Waals surface area contributed by atoms with E-state index in [1.54, 1.807) is 25.6 Å². The highest BCUT2D eigenvalue weighted by Gasteiger charge is 2.25. The Morgan fingerprint density at radius 3 is 2.52 bits per heavy atom. The quantitative estimate of drug-likeness (QED) is 0.220. The monoisotopic (exact) mass is 637 g/mol. The minimum absolute atomic E-state index is 0.169. The van der Waals surface area contributed by atoms with Crippen molar-refractivity contribution in [3.63, 3.8) is 0 Å². The van der Waals surface area contributed by atoms with E-state index in [1.807, 2.05) is 66.3 Å². The maximum absolute atomic E-state index is 13.8. The predicted octanol–water partition coefficient (Wildman–Crippen LogP) is 4.31. The van der Waals surface area contributed by atoms with Crippen LogP contribution in [0.25, 0.3) is 22.4 Å². The summed E-state index contributed by atoms with van der Waals surface area (Å²) in [7, 11) is 3.60. The number of rotatable bonds is 9. The number of nitrogens with zero attached hydrogens (tertiary/aromatic N) is 6. The van der Waals surface area contributed by atoms with Crippen molar-refractivity contribution < 1.29 is 9.59 Å². The molecule has 12 heteroatoms. The van der Waals surface area contributed by atoms with E-state index in [0.717, 1.165) is 53.4 Å². The molecule has 4 heterocycles. The molecule has 2 aromatic carbocycles. The molecule has 6 rings (SSSR count). The van der Waals surface area contributed by atoms with Crippen LogP contribution >= 0.6 is 11.6 Å². The van der Waals surface area contributed by atoms with Crippen LogP contribution in [0.4, 0.5) is 11.5 Å². The van der Waals surface area contributed by atoms with E-state index in [2.05, 4.69) is 48.9 Å². The number of aromatic nitrogens is 5. The highest BCUT2D eigenvalue weighted by Crippen LogP contribution is 2.29. The first-order valence-electron chi connectivity index (χ1n) is 15.2. The maximum atomic E-state index is 13.8. The number of carbonyl (C=O) groups is 2. The Hall–Kier alpha value is -5.00. The van der Waals surface area contributed by atoms with Crippen molar-refractivity contribution in [1.82, 2.24) is 34.9 Å². The molecule has 1 aliphatic heterocycles. The smallest absolute Gasteiger partial charge is 0.270 e. The lowest BCUT2D eigenvalue weighted by molar-refractivity contribution is -0.118. The van der Waals surface area contributed by atoms with Crippen molar-refractivity contribution >= 4 is 34.9 Å². The van der Waals surface area contributed by atoms with E-state index in [4.69, 9.17) is 11.6 Å². The van der Waals surface area contributed by atoms with Crippen molar-refractivity contribution in [3.05, 3.63) is 102 Å². The predicted molar refractivity (Wildman–Crippen MR) is 180 cm³/mol. The van der Waals surface area contributed by atoms with E-state index in [1.165, 1.54) is 10.9 Å². The molecule has 0 radical (unpaired) electrons. The van der Waals surface area contributed by atoms with Crippen LogP contribution < -0.4 is 20.9 Å². The summed E-state index contributed by atoms with van der Waals surface area (Å²) in [5.74, 6) is 0.130. The Labute approximate surface area is 272 Å². The van der Waals surface area contributed by atoms with Crippen LogP contribution in [-0.4, -0.2) is 67.8 Å². The number of hydrogen-bond acceptors (Lipinski definition) is 7. The van der Waals surface area contributed by atoms with Crippen LogP contribution in [0.3, 0.4) is 0 Å². The van der Waals surface area contributed by atoms with Crippen molar-refractivity contribution in [2.75, 3.05) is 29.9 Å². The van der Waals surface area contributed by atoms with Gasteiger partial charge in [-0.05, 0) is 71.6 Å². The van der Waals surface area contributed by atoms with Gasteiger partial charge in [0.15, 0.2) is 0 Å². The molecule has 11 nitrogen and oxygen atoms in total. The highest BCUT2D eigenvalue weighted by molar-refractivity contribution is 6.31. The minimum atomic E-state index is -0.929. The first-order chi connectivity index (χ1) is 22.3. The molecule has 0 aliphatic carbocycles. The third-order valence-electron chi connectivity index (χ3n) is 8.28. The molecule has 0 spiro atoms. The summed E-state index contributed by atoms with van der Waals surface area (Å²) in [4.78, 5) is 38.2. The Bertz CT molecular complexity index is 1850. The van der Waals surface area contributed by atoms with Gasteiger partial charge < -0.3 is 25.4 Å². The zero-order valence-corrected chi connectivity index (χ0v) is 26.7. The second kappa shape index (κ2) is 13.6. The summed E-state index contributed by atoms with van der Waals surface area (Å²) in [6, 6.07) is 18.3. The van der Waals surface area contributed by atoms with Crippen LogP contribution in [0.15, 0.2) is 85.6 Å². The molecule has 2 atom stereocenters. The largest absolute Gasteiger partial charge is 0.351 e. The molecule has 236 valence electrons. The van der Waals surface area contributed by atoms with Gasteiger partial charge in [-0.15, -0.1) is 0 Å². The van der Waals surface area contributed by atoms with Crippen LogP contribution in [0, 0.1) is 0 Å². The second-order valence-corrected chi connectivity index (χ2v) is 11.9. The van der Waals surface area contributed by atoms with Crippen LogP contribution in [0.2, 0.25) is 5.02 Å². The van der Waals surface area contributed by atoms with Crippen molar-refractivity contribution in [1.29, 1.82) is 0 Å². The molecule has 5 aromatic rings. The van der Waals surface area contributed by atoms with Crippen molar-refractivity contribution in [3.8, 4) is 22.4 Å². The lowest BCUT2D eigenvalue weighted by Crippen LogP contribution is -2.50. The van der Waals surface area contributed by atoms with E-state index in [0.29, 0.717) is 22.4 Å². The Morgan fingerprint density at radius 1 is 1.02 bits per heavy atom. The number of halogens is 1. The van der Waals surface area contributed by atoms with Gasteiger partial charge in [-0.3, -0.25) is 14.3 Å². The fourth-order valence-electron chi connectivity index (χ4n) is 5.69. The summed E-state index contributed by atoms with van der Waals surface area (Å²) < 4.78 is 3.39. The average molecular weight is 638 g/mol. The van der Waals surface area contributed by atoms with E-state index >= 15 is 0 Å². The van der Waals surface area contributed by atoms with Crippen LogP contribution in [0.1, 0.15) is 23.0 Å². The van der Waals surface area contributed by atoms with Crippen molar-refractivity contribution in [2.45, 2.75) is 25.4 Å². The molecular formula is C34H36ClN9O2. The number of benzene rings is 2. The van der Waals surface area contributed by atoms with E-state index < -0.39 is 11.9 Å². The number of piperazine rings is 1. The number of carbonyl (C=O) groups excluding carboxylic acids is 2. The minimum Gasteiger partial charge on any atom is -0.351 e.